The lowest BCUT2D eigenvalue weighted by molar-refractivity contribution is 0.0763. The Morgan fingerprint density at radius 3 is 2.77 bits per heavy atom. The molecule has 0 unspecified atom stereocenters. The van der Waals surface area contributed by atoms with Crippen molar-refractivity contribution in [2.75, 3.05) is 45.7 Å². The van der Waals surface area contributed by atoms with Crippen molar-refractivity contribution < 1.29 is 14.3 Å². The minimum atomic E-state index is -0.573. The van der Waals surface area contributed by atoms with E-state index in [9.17, 15) is 9.59 Å². The van der Waals surface area contributed by atoms with E-state index in [1.54, 1.807) is 18.5 Å². The van der Waals surface area contributed by atoms with Gasteiger partial charge in [-0.1, -0.05) is 22.9 Å². The van der Waals surface area contributed by atoms with Crippen molar-refractivity contribution in [2.24, 2.45) is 0 Å². The molecule has 0 spiro atoms. The summed E-state index contributed by atoms with van der Waals surface area (Å²) in [5, 5.41) is 8.17. The number of aromatic nitrogens is 4. The highest BCUT2D eigenvalue weighted by molar-refractivity contribution is 7.19. The molecule has 2 aliphatic rings. The summed E-state index contributed by atoms with van der Waals surface area (Å²) in [5.74, 6) is -0.0182. The molecule has 2 radical (unpaired) electrons. The van der Waals surface area contributed by atoms with E-state index in [-0.39, 0.29) is 5.91 Å². The van der Waals surface area contributed by atoms with E-state index >= 15 is 0 Å². The normalized spacial score (nSPS) is 15.2. The number of hydrogen-bond donors (Lipinski definition) is 1. The lowest BCUT2D eigenvalue weighted by atomic mass is 9.91. The third-order valence-corrected chi connectivity index (χ3v) is 8.37. The summed E-state index contributed by atoms with van der Waals surface area (Å²) < 4.78 is 6.59. The van der Waals surface area contributed by atoms with Crippen LogP contribution in [0.1, 0.15) is 28.0 Å². The SMILES string of the molecule is [B]c1cc(C(=O)N2CCCN(C)CC2)ccc1-n1nc(-c2cccnc2)c2c1-c1sc(NC(=O)OC)nc1CC2. The summed E-state index contributed by atoms with van der Waals surface area (Å²) in [6.07, 6.45) is 5.31. The molecule has 0 bridgehead atoms. The van der Waals surface area contributed by atoms with Gasteiger partial charge in [0.05, 0.1) is 34.8 Å². The van der Waals surface area contributed by atoms with Gasteiger partial charge in [-0.05, 0) is 57.1 Å². The largest absolute Gasteiger partial charge is 0.453 e. The average Bonchev–Trinajstić information content (AvgIpc) is 3.48. The quantitative estimate of drug-likeness (QED) is 0.388. The third kappa shape index (κ3) is 4.88. The molecule has 6 rings (SSSR count). The van der Waals surface area contributed by atoms with Crippen LogP contribution in [0.4, 0.5) is 9.93 Å². The topological polar surface area (TPSA) is 105 Å². The predicted molar refractivity (Wildman–Crippen MR) is 155 cm³/mol. The number of aryl methyl sites for hydroxylation is 1. The number of rotatable bonds is 4. The number of ether oxygens (including phenoxy) is 1. The average molecular weight is 553 g/mol. The van der Waals surface area contributed by atoms with E-state index in [4.69, 9.17) is 17.7 Å². The smallest absolute Gasteiger partial charge is 0.413 e. The number of fused-ring (bicyclic) bond motifs is 3. The Labute approximate surface area is 237 Å². The number of methoxy groups -OCH3 is 1. The number of carbonyl (C=O) groups is 2. The maximum absolute atomic E-state index is 13.3. The van der Waals surface area contributed by atoms with E-state index in [1.807, 2.05) is 33.8 Å². The molecule has 1 aromatic carbocycles. The predicted octanol–water partition coefficient (Wildman–Crippen LogP) is 2.91. The van der Waals surface area contributed by atoms with Crippen molar-refractivity contribution >= 4 is 41.8 Å². The molecule has 0 saturated carbocycles. The van der Waals surface area contributed by atoms with Crippen LogP contribution in [-0.4, -0.2) is 89.7 Å². The highest BCUT2D eigenvalue weighted by Gasteiger charge is 2.31. The first-order chi connectivity index (χ1) is 19.4. The first-order valence-corrected chi connectivity index (χ1v) is 14.0. The summed E-state index contributed by atoms with van der Waals surface area (Å²) in [7, 11) is 10.0. The highest BCUT2D eigenvalue weighted by atomic mass is 32.1. The van der Waals surface area contributed by atoms with E-state index in [2.05, 4.69) is 27.2 Å². The highest BCUT2D eigenvalue weighted by Crippen LogP contribution is 2.44. The van der Waals surface area contributed by atoms with Gasteiger partial charge in [0.2, 0.25) is 0 Å². The van der Waals surface area contributed by atoms with E-state index in [0.717, 1.165) is 59.1 Å². The number of benzene rings is 1. The van der Waals surface area contributed by atoms with Gasteiger partial charge in [0.15, 0.2) is 5.13 Å². The van der Waals surface area contributed by atoms with Crippen LogP contribution in [0.2, 0.25) is 0 Å². The van der Waals surface area contributed by atoms with Crippen LogP contribution in [-0.2, 0) is 17.6 Å². The van der Waals surface area contributed by atoms with Crippen LogP contribution >= 0.6 is 11.3 Å². The number of pyridine rings is 1. The molecule has 0 atom stereocenters. The number of hydrogen-bond acceptors (Lipinski definition) is 8. The lowest BCUT2D eigenvalue weighted by Crippen LogP contribution is -2.35. The van der Waals surface area contributed by atoms with Crippen LogP contribution in [0.25, 0.3) is 27.5 Å². The van der Waals surface area contributed by atoms with Crippen molar-refractivity contribution in [3.63, 3.8) is 0 Å². The van der Waals surface area contributed by atoms with Gasteiger partial charge in [-0.3, -0.25) is 15.1 Å². The number of anilines is 1. The number of amides is 2. The molecule has 2 amide bonds. The number of thiazole rings is 1. The number of nitrogens with zero attached hydrogens (tertiary/aromatic N) is 6. The Hall–Kier alpha value is -4.03. The van der Waals surface area contributed by atoms with Crippen LogP contribution in [0.5, 0.6) is 0 Å². The lowest BCUT2D eigenvalue weighted by Gasteiger charge is -2.21. The maximum atomic E-state index is 13.3. The Kier molecular flexibility index (Phi) is 7.12. The fraction of sp³-hybridized carbons (Fsp3) is 0.321. The fourth-order valence-corrected chi connectivity index (χ4v) is 6.34. The van der Waals surface area contributed by atoms with Crippen molar-refractivity contribution in [2.45, 2.75) is 19.3 Å². The standard InChI is InChI=1S/C28H28BN7O3S/c1-34-11-4-12-35(14-13-34)26(37)17-6-9-22(20(29)15-17)36-24-19(23(33-36)18-5-3-10-30-16-18)7-8-21-25(24)40-27(31-21)32-28(38)39-2/h3,5-6,9-10,15-16H,4,7-8,11-14H2,1-2H3,(H,31,32,38). The van der Waals surface area contributed by atoms with E-state index in [0.29, 0.717) is 41.2 Å². The first-order valence-electron chi connectivity index (χ1n) is 13.2. The molecule has 12 heteroatoms. The Bertz CT molecular complexity index is 1590. The van der Waals surface area contributed by atoms with Gasteiger partial charge in [0.25, 0.3) is 5.91 Å². The second-order valence-corrected chi connectivity index (χ2v) is 11.0. The summed E-state index contributed by atoms with van der Waals surface area (Å²) in [6, 6.07) is 9.28. The molecule has 1 N–H and O–H groups in total. The zero-order chi connectivity index (χ0) is 27.8. The number of nitrogens with one attached hydrogen (secondary N) is 1. The van der Waals surface area contributed by atoms with Crippen LogP contribution in [0, 0.1) is 0 Å². The molecule has 4 heterocycles. The molecule has 1 aliphatic heterocycles. The molecule has 10 nitrogen and oxygen atoms in total. The third-order valence-electron chi connectivity index (χ3n) is 7.35. The molecule has 3 aromatic heterocycles. The summed E-state index contributed by atoms with van der Waals surface area (Å²) in [5.41, 5.74) is 6.20. The summed E-state index contributed by atoms with van der Waals surface area (Å²) in [4.78, 5) is 39.2. The minimum Gasteiger partial charge on any atom is -0.453 e. The molecule has 1 fully saturated rings. The Morgan fingerprint density at radius 2 is 2.00 bits per heavy atom. The van der Waals surface area contributed by atoms with Gasteiger partial charge in [-0.2, -0.15) is 5.10 Å². The van der Waals surface area contributed by atoms with Gasteiger partial charge < -0.3 is 14.5 Å². The zero-order valence-corrected chi connectivity index (χ0v) is 23.2. The van der Waals surface area contributed by atoms with Crippen LogP contribution in [0.15, 0.2) is 42.7 Å². The second kappa shape index (κ2) is 10.9. The summed E-state index contributed by atoms with van der Waals surface area (Å²) in [6.45, 7) is 3.24. The van der Waals surface area contributed by atoms with Crippen molar-refractivity contribution in [3.05, 3.63) is 59.5 Å². The molecule has 1 saturated heterocycles. The first kappa shape index (κ1) is 26.2. The molecular formula is C28H28BN7O3S. The molecular weight excluding hydrogens is 525 g/mol. The van der Waals surface area contributed by atoms with Gasteiger partial charge >= 0.3 is 6.09 Å². The summed E-state index contributed by atoms with van der Waals surface area (Å²) >= 11 is 1.37. The monoisotopic (exact) mass is 553 g/mol. The maximum Gasteiger partial charge on any atom is 0.413 e. The van der Waals surface area contributed by atoms with E-state index in [1.165, 1.54) is 18.4 Å². The molecule has 202 valence electrons. The van der Waals surface area contributed by atoms with Gasteiger partial charge in [0.1, 0.15) is 7.85 Å². The van der Waals surface area contributed by atoms with Gasteiger partial charge in [-0.25, -0.2) is 14.5 Å². The van der Waals surface area contributed by atoms with Crippen LogP contribution < -0.4 is 10.8 Å². The van der Waals surface area contributed by atoms with Crippen molar-refractivity contribution in [3.8, 4) is 27.5 Å². The van der Waals surface area contributed by atoms with Crippen LogP contribution in [0.3, 0.4) is 0 Å². The molecule has 4 aromatic rings. The minimum absolute atomic E-state index is 0.0182. The number of carbonyl (C=O) groups excluding carboxylic acids is 2. The van der Waals surface area contributed by atoms with Gasteiger partial charge in [0, 0.05) is 48.7 Å². The zero-order valence-electron chi connectivity index (χ0n) is 22.4. The van der Waals surface area contributed by atoms with Gasteiger partial charge in [-0.15, -0.1) is 0 Å². The fourth-order valence-electron chi connectivity index (χ4n) is 5.28. The molecule has 1 aliphatic carbocycles. The number of likely N-dealkylation sites (N-methyl/N-ethyl adjacent to an activating group) is 1. The second-order valence-electron chi connectivity index (χ2n) is 9.96. The Balaban J connectivity index is 1.42. The van der Waals surface area contributed by atoms with Crippen molar-refractivity contribution in [1.29, 1.82) is 0 Å². The van der Waals surface area contributed by atoms with E-state index < -0.39 is 6.09 Å². The molecule has 40 heavy (non-hydrogen) atoms. The van der Waals surface area contributed by atoms with Crippen molar-refractivity contribution in [1.82, 2.24) is 29.5 Å². The Morgan fingerprint density at radius 1 is 1.12 bits per heavy atom.